The molecule has 0 radical (unpaired) electrons. The van der Waals surface area contributed by atoms with E-state index in [4.69, 9.17) is 24.4 Å². The summed E-state index contributed by atoms with van der Waals surface area (Å²) in [5.41, 5.74) is 10.8. The standard InChI is InChI=1S/C30H30N4S2/c1-19-7-5-9-25(15-19)31-29(35)33-27-13-11-23(17-21(27)3)24-12-14-28(22(4)18-24)34-30(36)32-26-10-6-8-20(2)16-26/h5-18H,1-4H3,(H2,31,33,35)(H2,32,34,36). The van der Waals surface area contributed by atoms with Gasteiger partial charge in [-0.2, -0.15) is 0 Å². The number of rotatable bonds is 5. The molecular weight excluding hydrogens is 480 g/mol. The molecule has 0 aliphatic carbocycles. The Kier molecular flexibility index (Phi) is 7.98. The smallest absolute Gasteiger partial charge is 0.175 e. The molecule has 0 aromatic heterocycles. The number of hydrogen-bond acceptors (Lipinski definition) is 2. The van der Waals surface area contributed by atoms with Gasteiger partial charge in [-0.05, 0) is 134 Å². The van der Waals surface area contributed by atoms with Gasteiger partial charge in [-0.25, -0.2) is 0 Å². The molecule has 36 heavy (non-hydrogen) atoms. The number of hydrogen-bond donors (Lipinski definition) is 4. The molecule has 0 heterocycles. The molecule has 0 atom stereocenters. The van der Waals surface area contributed by atoms with Crippen molar-refractivity contribution in [2.24, 2.45) is 0 Å². The maximum atomic E-state index is 5.52. The average Bonchev–Trinajstić information content (AvgIpc) is 2.81. The Morgan fingerprint density at radius 2 is 0.917 bits per heavy atom. The Balaban J connectivity index is 1.41. The summed E-state index contributed by atoms with van der Waals surface area (Å²) in [6.07, 6.45) is 0. The summed E-state index contributed by atoms with van der Waals surface area (Å²) in [5.74, 6) is 0. The van der Waals surface area contributed by atoms with E-state index in [1.807, 2.05) is 24.3 Å². The van der Waals surface area contributed by atoms with Crippen LogP contribution in [-0.2, 0) is 0 Å². The fraction of sp³-hybridized carbons (Fsp3) is 0.133. The zero-order valence-corrected chi connectivity index (χ0v) is 22.5. The second-order valence-corrected chi connectivity index (χ2v) is 9.77. The van der Waals surface area contributed by atoms with Crippen LogP contribution in [0.15, 0.2) is 84.9 Å². The summed E-state index contributed by atoms with van der Waals surface area (Å²) < 4.78 is 0. The van der Waals surface area contributed by atoms with Crippen molar-refractivity contribution in [1.82, 2.24) is 0 Å². The summed E-state index contributed by atoms with van der Waals surface area (Å²) in [4.78, 5) is 0. The highest BCUT2D eigenvalue weighted by molar-refractivity contribution is 7.81. The molecule has 182 valence electrons. The highest BCUT2D eigenvalue weighted by atomic mass is 32.1. The summed E-state index contributed by atoms with van der Waals surface area (Å²) in [5, 5.41) is 14.3. The van der Waals surface area contributed by atoms with Crippen molar-refractivity contribution in [1.29, 1.82) is 0 Å². The molecule has 0 bridgehead atoms. The van der Waals surface area contributed by atoms with Crippen LogP contribution in [0, 0.1) is 27.7 Å². The first-order chi connectivity index (χ1) is 17.3. The van der Waals surface area contributed by atoms with E-state index in [2.05, 4.69) is 110 Å². The minimum absolute atomic E-state index is 0.568. The van der Waals surface area contributed by atoms with Gasteiger partial charge in [0.05, 0.1) is 0 Å². The third kappa shape index (κ3) is 6.68. The van der Waals surface area contributed by atoms with Crippen molar-refractivity contribution in [3.8, 4) is 11.1 Å². The first-order valence-corrected chi connectivity index (χ1v) is 12.6. The van der Waals surface area contributed by atoms with E-state index < -0.39 is 0 Å². The number of nitrogens with one attached hydrogen (secondary N) is 4. The third-order valence-corrected chi connectivity index (χ3v) is 6.24. The molecule has 0 aliphatic heterocycles. The van der Waals surface area contributed by atoms with Gasteiger partial charge in [0.15, 0.2) is 10.2 Å². The molecule has 0 fully saturated rings. The predicted molar refractivity (Wildman–Crippen MR) is 163 cm³/mol. The Labute approximate surface area is 224 Å². The molecule has 4 aromatic rings. The molecule has 4 aromatic carbocycles. The third-order valence-electron chi connectivity index (χ3n) is 5.83. The fourth-order valence-corrected chi connectivity index (χ4v) is 4.44. The number of thiocarbonyl (C=S) groups is 2. The van der Waals surface area contributed by atoms with Crippen molar-refractivity contribution in [3.05, 3.63) is 107 Å². The monoisotopic (exact) mass is 510 g/mol. The Hall–Kier alpha value is -3.74. The Morgan fingerprint density at radius 3 is 1.28 bits per heavy atom. The normalized spacial score (nSPS) is 10.4. The van der Waals surface area contributed by atoms with E-state index >= 15 is 0 Å². The lowest BCUT2D eigenvalue weighted by atomic mass is 10.00. The van der Waals surface area contributed by atoms with Crippen molar-refractivity contribution in [2.45, 2.75) is 27.7 Å². The minimum atomic E-state index is 0.568. The molecular formula is C30H30N4S2. The first-order valence-electron chi connectivity index (χ1n) is 11.8. The van der Waals surface area contributed by atoms with Gasteiger partial charge in [0.1, 0.15) is 0 Å². The Morgan fingerprint density at radius 1 is 0.500 bits per heavy atom. The molecule has 0 unspecified atom stereocenters. The van der Waals surface area contributed by atoms with Crippen molar-refractivity contribution in [2.75, 3.05) is 21.3 Å². The van der Waals surface area contributed by atoms with Crippen LogP contribution in [0.5, 0.6) is 0 Å². The van der Waals surface area contributed by atoms with Gasteiger partial charge >= 0.3 is 0 Å². The van der Waals surface area contributed by atoms with E-state index in [-0.39, 0.29) is 0 Å². The van der Waals surface area contributed by atoms with Crippen LogP contribution in [-0.4, -0.2) is 10.2 Å². The molecule has 0 aliphatic rings. The maximum absolute atomic E-state index is 5.52. The highest BCUT2D eigenvalue weighted by Crippen LogP contribution is 2.28. The van der Waals surface area contributed by atoms with Crippen LogP contribution >= 0.6 is 24.4 Å². The molecule has 0 spiro atoms. The average molecular weight is 511 g/mol. The largest absolute Gasteiger partial charge is 0.332 e. The van der Waals surface area contributed by atoms with E-state index in [1.54, 1.807) is 0 Å². The van der Waals surface area contributed by atoms with Gasteiger partial charge in [0, 0.05) is 22.7 Å². The zero-order chi connectivity index (χ0) is 25.7. The van der Waals surface area contributed by atoms with E-state index in [9.17, 15) is 0 Å². The molecule has 0 amide bonds. The summed E-state index contributed by atoms with van der Waals surface area (Å²) in [6, 6.07) is 29.0. The molecule has 0 saturated heterocycles. The molecule has 4 N–H and O–H groups in total. The maximum Gasteiger partial charge on any atom is 0.175 e. The summed E-state index contributed by atoms with van der Waals surface area (Å²) >= 11 is 11.0. The highest BCUT2D eigenvalue weighted by Gasteiger charge is 2.08. The van der Waals surface area contributed by atoms with Gasteiger partial charge in [0.2, 0.25) is 0 Å². The van der Waals surface area contributed by atoms with Crippen molar-refractivity contribution < 1.29 is 0 Å². The van der Waals surface area contributed by atoms with Crippen LogP contribution in [0.25, 0.3) is 11.1 Å². The van der Waals surface area contributed by atoms with Crippen LogP contribution in [0.2, 0.25) is 0 Å². The van der Waals surface area contributed by atoms with Gasteiger partial charge in [0.25, 0.3) is 0 Å². The van der Waals surface area contributed by atoms with Gasteiger partial charge in [-0.1, -0.05) is 36.4 Å². The summed E-state index contributed by atoms with van der Waals surface area (Å²) in [7, 11) is 0. The Bertz CT molecular complexity index is 1320. The lowest BCUT2D eigenvalue weighted by Gasteiger charge is -2.16. The van der Waals surface area contributed by atoms with Crippen LogP contribution in [0.4, 0.5) is 22.7 Å². The number of benzene rings is 4. The van der Waals surface area contributed by atoms with Crippen LogP contribution in [0.3, 0.4) is 0 Å². The van der Waals surface area contributed by atoms with Crippen LogP contribution in [0.1, 0.15) is 22.3 Å². The van der Waals surface area contributed by atoms with Crippen molar-refractivity contribution >= 4 is 57.4 Å². The molecule has 6 heteroatoms. The minimum Gasteiger partial charge on any atom is -0.332 e. The molecule has 0 saturated carbocycles. The van der Waals surface area contributed by atoms with E-state index in [1.165, 1.54) is 11.1 Å². The van der Waals surface area contributed by atoms with Gasteiger partial charge in [-0.15, -0.1) is 0 Å². The fourth-order valence-electron chi connectivity index (χ4n) is 3.98. The van der Waals surface area contributed by atoms with E-state index in [0.717, 1.165) is 45.0 Å². The van der Waals surface area contributed by atoms with Gasteiger partial charge in [-0.3, -0.25) is 0 Å². The first kappa shape index (κ1) is 25.4. The van der Waals surface area contributed by atoms with Crippen molar-refractivity contribution in [3.63, 3.8) is 0 Å². The predicted octanol–water partition coefficient (Wildman–Crippen LogP) is 8.21. The SMILES string of the molecule is Cc1cccc(NC(=S)Nc2ccc(-c3ccc(NC(=S)Nc4cccc(C)c4)c(C)c3)cc2C)c1. The number of anilines is 4. The molecule has 4 nitrogen and oxygen atoms in total. The molecule has 4 rings (SSSR count). The topological polar surface area (TPSA) is 48.1 Å². The second-order valence-electron chi connectivity index (χ2n) is 8.96. The zero-order valence-electron chi connectivity index (χ0n) is 20.9. The van der Waals surface area contributed by atoms with Gasteiger partial charge < -0.3 is 21.3 Å². The lowest BCUT2D eigenvalue weighted by Crippen LogP contribution is -2.19. The second kappa shape index (κ2) is 11.3. The summed E-state index contributed by atoms with van der Waals surface area (Å²) in [6.45, 7) is 8.29. The lowest BCUT2D eigenvalue weighted by molar-refractivity contribution is 1.42. The van der Waals surface area contributed by atoms with E-state index in [0.29, 0.717) is 10.2 Å². The quantitative estimate of drug-likeness (QED) is 0.203. The number of aryl methyl sites for hydroxylation is 4. The van der Waals surface area contributed by atoms with Crippen LogP contribution < -0.4 is 21.3 Å².